The number of amides is 1. The molecule has 4 nitrogen and oxygen atoms in total. The van der Waals surface area contributed by atoms with Crippen molar-refractivity contribution in [2.45, 2.75) is 6.42 Å². The van der Waals surface area contributed by atoms with Gasteiger partial charge in [0.2, 0.25) is 5.91 Å². The van der Waals surface area contributed by atoms with Gasteiger partial charge in [-0.2, -0.15) is 0 Å². The highest BCUT2D eigenvalue weighted by Crippen LogP contribution is 2.05. The molecule has 2 rings (SSSR count). The Kier molecular flexibility index (Phi) is 6.44. The van der Waals surface area contributed by atoms with E-state index in [0.29, 0.717) is 13.1 Å². The third kappa shape index (κ3) is 5.69. The monoisotopic (exact) mass is 287 g/mol. The molecule has 21 heavy (non-hydrogen) atoms. The van der Waals surface area contributed by atoms with Gasteiger partial charge in [-0.05, 0) is 12.0 Å². The number of hydrogen-bond acceptors (Lipinski definition) is 3. The summed E-state index contributed by atoms with van der Waals surface area (Å²) in [6.07, 6.45) is 2.81. The van der Waals surface area contributed by atoms with Crippen molar-refractivity contribution in [2.75, 3.05) is 45.8 Å². The molecule has 0 unspecified atom stereocenters. The zero-order chi connectivity index (χ0) is 14.9. The Balaban J connectivity index is 1.64. The van der Waals surface area contributed by atoms with E-state index in [4.69, 9.17) is 0 Å². The molecular weight excluding hydrogens is 262 g/mol. The smallest absolute Gasteiger partial charge is 0.234 e. The molecule has 114 valence electrons. The molecule has 0 aliphatic carbocycles. The van der Waals surface area contributed by atoms with Crippen LogP contribution in [0.5, 0.6) is 0 Å². The SMILES string of the molecule is C=CCNC(=O)CN1CCN(CCc2ccccc2)CC1. The first kappa shape index (κ1) is 15.7. The highest BCUT2D eigenvalue weighted by atomic mass is 16.2. The number of rotatable bonds is 7. The molecule has 1 heterocycles. The summed E-state index contributed by atoms with van der Waals surface area (Å²) in [5.74, 6) is 0.0904. The molecule has 0 bridgehead atoms. The summed E-state index contributed by atoms with van der Waals surface area (Å²) in [5, 5.41) is 2.83. The largest absolute Gasteiger partial charge is 0.352 e. The molecule has 0 radical (unpaired) electrons. The third-order valence-corrected chi connectivity index (χ3v) is 3.84. The van der Waals surface area contributed by atoms with Crippen LogP contribution in [0.4, 0.5) is 0 Å². The van der Waals surface area contributed by atoms with Gasteiger partial charge in [-0.25, -0.2) is 0 Å². The predicted octanol–water partition coefficient (Wildman–Crippen LogP) is 1.15. The minimum Gasteiger partial charge on any atom is -0.352 e. The number of carbonyl (C=O) groups is 1. The van der Waals surface area contributed by atoms with Crippen LogP contribution >= 0.6 is 0 Å². The Morgan fingerprint density at radius 3 is 2.48 bits per heavy atom. The summed E-state index contributed by atoms with van der Waals surface area (Å²) in [7, 11) is 0. The Bertz CT molecular complexity index is 439. The van der Waals surface area contributed by atoms with E-state index in [9.17, 15) is 4.79 Å². The summed E-state index contributed by atoms with van der Waals surface area (Å²) in [6, 6.07) is 10.6. The molecular formula is C17H25N3O. The van der Waals surface area contributed by atoms with E-state index in [1.807, 2.05) is 0 Å². The van der Waals surface area contributed by atoms with E-state index in [1.54, 1.807) is 6.08 Å². The van der Waals surface area contributed by atoms with Gasteiger partial charge >= 0.3 is 0 Å². The minimum atomic E-state index is 0.0904. The van der Waals surface area contributed by atoms with Gasteiger partial charge in [-0.15, -0.1) is 6.58 Å². The predicted molar refractivity (Wildman–Crippen MR) is 86.2 cm³/mol. The maximum atomic E-state index is 11.6. The Morgan fingerprint density at radius 1 is 1.14 bits per heavy atom. The highest BCUT2D eigenvalue weighted by molar-refractivity contribution is 5.78. The van der Waals surface area contributed by atoms with Crippen molar-refractivity contribution in [1.29, 1.82) is 0 Å². The molecule has 1 aliphatic heterocycles. The summed E-state index contributed by atoms with van der Waals surface area (Å²) >= 11 is 0. The normalized spacial score (nSPS) is 16.6. The maximum absolute atomic E-state index is 11.6. The van der Waals surface area contributed by atoms with Gasteiger partial charge < -0.3 is 10.2 Å². The number of nitrogens with zero attached hydrogens (tertiary/aromatic N) is 2. The zero-order valence-corrected chi connectivity index (χ0v) is 12.6. The van der Waals surface area contributed by atoms with Crippen LogP contribution in [-0.4, -0.2) is 61.5 Å². The molecule has 1 saturated heterocycles. The first-order chi connectivity index (χ1) is 10.3. The number of hydrogen-bond donors (Lipinski definition) is 1. The van der Waals surface area contributed by atoms with Crippen molar-refractivity contribution in [3.05, 3.63) is 48.6 Å². The van der Waals surface area contributed by atoms with Crippen LogP contribution < -0.4 is 5.32 Å². The summed E-state index contributed by atoms with van der Waals surface area (Å²) < 4.78 is 0. The van der Waals surface area contributed by atoms with Gasteiger partial charge in [-0.1, -0.05) is 36.4 Å². The lowest BCUT2D eigenvalue weighted by Crippen LogP contribution is -2.49. The van der Waals surface area contributed by atoms with Crippen molar-refractivity contribution in [3.8, 4) is 0 Å². The quantitative estimate of drug-likeness (QED) is 0.764. The lowest BCUT2D eigenvalue weighted by molar-refractivity contribution is -0.122. The number of nitrogens with one attached hydrogen (secondary N) is 1. The Labute approximate surface area is 127 Å². The van der Waals surface area contributed by atoms with Crippen molar-refractivity contribution in [2.24, 2.45) is 0 Å². The van der Waals surface area contributed by atoms with Gasteiger partial charge in [0.05, 0.1) is 6.54 Å². The molecule has 1 aliphatic rings. The van der Waals surface area contributed by atoms with Gasteiger partial charge in [0.15, 0.2) is 0 Å². The van der Waals surface area contributed by atoms with Crippen molar-refractivity contribution in [3.63, 3.8) is 0 Å². The van der Waals surface area contributed by atoms with E-state index >= 15 is 0 Å². The second-order valence-corrected chi connectivity index (χ2v) is 5.45. The molecule has 1 amide bonds. The third-order valence-electron chi connectivity index (χ3n) is 3.84. The molecule has 0 atom stereocenters. The van der Waals surface area contributed by atoms with Crippen LogP contribution in [0.2, 0.25) is 0 Å². The average molecular weight is 287 g/mol. The first-order valence-corrected chi connectivity index (χ1v) is 7.64. The zero-order valence-electron chi connectivity index (χ0n) is 12.6. The number of piperazine rings is 1. The summed E-state index contributed by atoms with van der Waals surface area (Å²) in [4.78, 5) is 16.3. The van der Waals surface area contributed by atoms with E-state index in [-0.39, 0.29) is 5.91 Å². The number of carbonyl (C=O) groups excluding carboxylic acids is 1. The fourth-order valence-electron chi connectivity index (χ4n) is 2.55. The molecule has 1 fully saturated rings. The molecule has 1 N–H and O–H groups in total. The lowest BCUT2D eigenvalue weighted by atomic mass is 10.1. The minimum absolute atomic E-state index is 0.0904. The van der Waals surface area contributed by atoms with Crippen LogP contribution in [0, 0.1) is 0 Å². The van der Waals surface area contributed by atoms with Crippen LogP contribution in [0.3, 0.4) is 0 Å². The molecule has 1 aromatic rings. The van der Waals surface area contributed by atoms with Crippen LogP contribution in [0.1, 0.15) is 5.56 Å². The summed E-state index contributed by atoms with van der Waals surface area (Å²) in [5.41, 5.74) is 1.39. The van der Waals surface area contributed by atoms with Crippen molar-refractivity contribution < 1.29 is 4.79 Å². The van der Waals surface area contributed by atoms with Gasteiger partial charge in [0.1, 0.15) is 0 Å². The van der Waals surface area contributed by atoms with Crippen molar-refractivity contribution >= 4 is 5.91 Å². The molecule has 1 aromatic carbocycles. The second-order valence-electron chi connectivity index (χ2n) is 5.45. The number of benzene rings is 1. The highest BCUT2D eigenvalue weighted by Gasteiger charge is 2.18. The molecule has 4 heteroatoms. The molecule has 0 spiro atoms. The average Bonchev–Trinajstić information content (AvgIpc) is 2.53. The Morgan fingerprint density at radius 2 is 1.81 bits per heavy atom. The lowest BCUT2D eigenvalue weighted by Gasteiger charge is -2.34. The van der Waals surface area contributed by atoms with E-state index in [1.165, 1.54) is 5.56 Å². The van der Waals surface area contributed by atoms with E-state index < -0.39 is 0 Å². The fraction of sp³-hybridized carbons (Fsp3) is 0.471. The van der Waals surface area contributed by atoms with Crippen molar-refractivity contribution in [1.82, 2.24) is 15.1 Å². The van der Waals surface area contributed by atoms with Crippen LogP contribution in [0.15, 0.2) is 43.0 Å². The van der Waals surface area contributed by atoms with Crippen LogP contribution in [-0.2, 0) is 11.2 Å². The second kappa shape index (κ2) is 8.60. The summed E-state index contributed by atoms with van der Waals surface area (Å²) in [6.45, 7) is 9.77. The first-order valence-electron chi connectivity index (χ1n) is 7.64. The molecule has 0 saturated carbocycles. The standard InChI is InChI=1S/C17H25N3O/c1-2-9-18-17(21)15-20-13-11-19(12-14-20)10-8-16-6-4-3-5-7-16/h2-7H,1,8-15H2,(H,18,21). The topological polar surface area (TPSA) is 35.6 Å². The fourth-order valence-corrected chi connectivity index (χ4v) is 2.55. The molecule has 0 aromatic heterocycles. The van der Waals surface area contributed by atoms with Crippen LogP contribution in [0.25, 0.3) is 0 Å². The van der Waals surface area contributed by atoms with E-state index in [2.05, 4.69) is 52.0 Å². The van der Waals surface area contributed by atoms with E-state index in [0.717, 1.165) is 39.1 Å². The van der Waals surface area contributed by atoms with Gasteiger partial charge in [-0.3, -0.25) is 9.69 Å². The van der Waals surface area contributed by atoms with Gasteiger partial charge in [0.25, 0.3) is 0 Å². The van der Waals surface area contributed by atoms with Gasteiger partial charge in [0, 0.05) is 39.3 Å². The maximum Gasteiger partial charge on any atom is 0.234 e. The Hall–Kier alpha value is -1.65.